The fraction of sp³-hybridized carbons (Fsp3) is 0.125. The number of thiazole rings is 1. The first-order valence-electron chi connectivity index (χ1n) is 6.66. The van der Waals surface area contributed by atoms with E-state index in [1.54, 1.807) is 23.7 Å². The zero-order valence-corrected chi connectivity index (χ0v) is 12.0. The minimum atomic E-state index is 0.593. The largest absolute Gasteiger partial charge is 0.486 e. The van der Waals surface area contributed by atoms with Gasteiger partial charge in [-0.15, -0.1) is 11.3 Å². The molecule has 2 aromatic heterocycles. The molecule has 0 amide bonds. The van der Waals surface area contributed by atoms with Crippen molar-refractivity contribution in [2.24, 2.45) is 0 Å². The second-order valence-electron chi connectivity index (χ2n) is 4.63. The molecule has 4 rings (SSSR count). The molecule has 5 heteroatoms. The maximum atomic E-state index is 5.62. The summed E-state index contributed by atoms with van der Waals surface area (Å²) < 4.78 is 11.2. The second-order valence-corrected chi connectivity index (χ2v) is 5.49. The molecule has 0 unspecified atom stereocenters. The minimum Gasteiger partial charge on any atom is -0.486 e. The van der Waals surface area contributed by atoms with E-state index in [9.17, 15) is 0 Å². The highest BCUT2D eigenvalue weighted by Crippen LogP contribution is 2.35. The summed E-state index contributed by atoms with van der Waals surface area (Å²) in [5.41, 5.74) is 3.07. The van der Waals surface area contributed by atoms with E-state index in [2.05, 4.69) is 10.4 Å². The van der Waals surface area contributed by atoms with E-state index in [0.29, 0.717) is 13.2 Å². The summed E-state index contributed by atoms with van der Waals surface area (Å²) in [6.45, 7) is 1.20. The molecule has 4 nitrogen and oxygen atoms in total. The first-order chi connectivity index (χ1) is 10.4. The molecule has 0 bridgehead atoms. The van der Waals surface area contributed by atoms with Gasteiger partial charge in [0.1, 0.15) is 18.2 Å². The molecule has 0 spiro atoms. The van der Waals surface area contributed by atoms with E-state index in [-0.39, 0.29) is 0 Å². The molecule has 21 heavy (non-hydrogen) atoms. The molecule has 0 N–H and O–H groups in total. The van der Waals surface area contributed by atoms with Gasteiger partial charge in [-0.3, -0.25) is 4.98 Å². The van der Waals surface area contributed by atoms with E-state index < -0.39 is 0 Å². The van der Waals surface area contributed by atoms with Crippen LogP contribution in [0.2, 0.25) is 0 Å². The zero-order valence-electron chi connectivity index (χ0n) is 11.2. The van der Waals surface area contributed by atoms with Crippen LogP contribution in [0.3, 0.4) is 0 Å². The van der Waals surface area contributed by atoms with Gasteiger partial charge < -0.3 is 9.47 Å². The van der Waals surface area contributed by atoms with Gasteiger partial charge in [0.15, 0.2) is 11.5 Å². The Morgan fingerprint density at radius 1 is 0.905 bits per heavy atom. The molecule has 104 valence electrons. The van der Waals surface area contributed by atoms with Crippen LogP contribution in [0.15, 0.2) is 48.1 Å². The Bertz CT molecular complexity index is 771. The number of hydrogen-bond donors (Lipinski definition) is 0. The van der Waals surface area contributed by atoms with Crippen LogP contribution in [0.1, 0.15) is 0 Å². The lowest BCUT2D eigenvalue weighted by Gasteiger charge is -2.18. The Morgan fingerprint density at radius 3 is 2.57 bits per heavy atom. The molecule has 0 atom stereocenters. The summed E-state index contributed by atoms with van der Waals surface area (Å²) in [7, 11) is 0. The van der Waals surface area contributed by atoms with Crippen LogP contribution >= 0.6 is 11.3 Å². The number of nitrogens with zero attached hydrogens (tertiary/aromatic N) is 2. The Balaban J connectivity index is 1.70. The number of hydrogen-bond acceptors (Lipinski definition) is 5. The zero-order chi connectivity index (χ0) is 14.1. The van der Waals surface area contributed by atoms with Gasteiger partial charge in [-0.25, -0.2) is 4.98 Å². The van der Waals surface area contributed by atoms with Crippen LogP contribution in [-0.2, 0) is 0 Å². The van der Waals surface area contributed by atoms with Crippen LogP contribution in [0, 0.1) is 0 Å². The third kappa shape index (κ3) is 2.36. The monoisotopic (exact) mass is 296 g/mol. The fourth-order valence-corrected chi connectivity index (χ4v) is 3.07. The topological polar surface area (TPSA) is 44.2 Å². The summed E-state index contributed by atoms with van der Waals surface area (Å²) in [5.74, 6) is 1.59. The normalized spacial score (nSPS) is 13.1. The third-order valence-corrected chi connectivity index (χ3v) is 4.16. The lowest BCUT2D eigenvalue weighted by atomic mass is 10.1. The Hall–Kier alpha value is -2.40. The van der Waals surface area contributed by atoms with Crippen molar-refractivity contribution < 1.29 is 9.47 Å². The number of ether oxygens (including phenoxy) is 2. The van der Waals surface area contributed by atoms with Gasteiger partial charge in [0.2, 0.25) is 0 Å². The molecule has 0 saturated carbocycles. The van der Waals surface area contributed by atoms with Crippen molar-refractivity contribution in [3.63, 3.8) is 0 Å². The van der Waals surface area contributed by atoms with E-state index >= 15 is 0 Å². The SMILES string of the molecule is c1cc(-c2nc(-c3ccc4c(c3)OCCO4)cs2)ccn1. The van der Waals surface area contributed by atoms with E-state index in [0.717, 1.165) is 33.3 Å². The second kappa shape index (κ2) is 5.18. The lowest BCUT2D eigenvalue weighted by Crippen LogP contribution is -2.15. The fourth-order valence-electron chi connectivity index (χ4n) is 2.24. The molecule has 3 aromatic rings. The molecule has 0 fully saturated rings. The van der Waals surface area contributed by atoms with Gasteiger partial charge in [-0.05, 0) is 30.3 Å². The van der Waals surface area contributed by atoms with Gasteiger partial charge in [0.05, 0.1) is 5.69 Å². The van der Waals surface area contributed by atoms with E-state index in [4.69, 9.17) is 14.5 Å². The Morgan fingerprint density at radius 2 is 1.71 bits per heavy atom. The maximum absolute atomic E-state index is 5.62. The number of fused-ring (bicyclic) bond motifs is 1. The molecule has 1 aromatic carbocycles. The summed E-state index contributed by atoms with van der Waals surface area (Å²) in [5, 5.41) is 3.04. The van der Waals surface area contributed by atoms with Gasteiger partial charge in [0.25, 0.3) is 0 Å². The van der Waals surface area contributed by atoms with Crippen molar-refractivity contribution in [2.45, 2.75) is 0 Å². The molecule has 1 aliphatic rings. The van der Waals surface area contributed by atoms with E-state index in [1.165, 1.54) is 0 Å². The van der Waals surface area contributed by atoms with Crippen molar-refractivity contribution in [3.8, 4) is 33.3 Å². The molecule has 0 saturated heterocycles. The molecular formula is C16H12N2O2S. The number of aromatic nitrogens is 2. The molecular weight excluding hydrogens is 284 g/mol. The predicted molar refractivity (Wildman–Crippen MR) is 81.8 cm³/mol. The number of benzene rings is 1. The number of rotatable bonds is 2. The first-order valence-corrected chi connectivity index (χ1v) is 7.54. The Kier molecular flexibility index (Phi) is 3.05. The van der Waals surface area contributed by atoms with Crippen molar-refractivity contribution in [1.82, 2.24) is 9.97 Å². The van der Waals surface area contributed by atoms with Gasteiger partial charge >= 0.3 is 0 Å². The summed E-state index contributed by atoms with van der Waals surface area (Å²) in [4.78, 5) is 8.72. The highest BCUT2D eigenvalue weighted by molar-refractivity contribution is 7.13. The Labute approximate surface area is 126 Å². The van der Waals surface area contributed by atoms with Crippen molar-refractivity contribution in [2.75, 3.05) is 13.2 Å². The lowest BCUT2D eigenvalue weighted by molar-refractivity contribution is 0.171. The highest BCUT2D eigenvalue weighted by atomic mass is 32.1. The average Bonchev–Trinajstić information content (AvgIpc) is 3.05. The van der Waals surface area contributed by atoms with Crippen molar-refractivity contribution in [3.05, 3.63) is 48.1 Å². The quantitative estimate of drug-likeness (QED) is 0.724. The standard InChI is InChI=1S/C16H12N2O2S/c1-2-14-15(20-8-7-19-14)9-12(1)13-10-21-16(18-13)11-3-5-17-6-4-11/h1-6,9-10H,7-8H2. The van der Waals surface area contributed by atoms with Gasteiger partial charge in [-0.1, -0.05) is 0 Å². The van der Waals surface area contributed by atoms with Crippen LogP contribution in [0.5, 0.6) is 11.5 Å². The third-order valence-electron chi connectivity index (χ3n) is 3.27. The maximum Gasteiger partial charge on any atom is 0.162 e. The summed E-state index contributed by atoms with van der Waals surface area (Å²) >= 11 is 1.62. The van der Waals surface area contributed by atoms with Crippen LogP contribution in [0.4, 0.5) is 0 Å². The van der Waals surface area contributed by atoms with Crippen LogP contribution in [-0.4, -0.2) is 23.2 Å². The number of pyridine rings is 1. The molecule has 0 radical (unpaired) electrons. The van der Waals surface area contributed by atoms with Crippen LogP contribution in [0.25, 0.3) is 21.8 Å². The van der Waals surface area contributed by atoms with Crippen molar-refractivity contribution >= 4 is 11.3 Å². The smallest absolute Gasteiger partial charge is 0.162 e. The van der Waals surface area contributed by atoms with Gasteiger partial charge in [-0.2, -0.15) is 0 Å². The van der Waals surface area contributed by atoms with Crippen molar-refractivity contribution in [1.29, 1.82) is 0 Å². The highest BCUT2D eigenvalue weighted by Gasteiger charge is 2.14. The molecule has 0 aliphatic carbocycles. The average molecular weight is 296 g/mol. The molecule has 3 heterocycles. The van der Waals surface area contributed by atoms with E-state index in [1.807, 2.05) is 30.3 Å². The van der Waals surface area contributed by atoms with Crippen LogP contribution < -0.4 is 9.47 Å². The molecule has 1 aliphatic heterocycles. The van der Waals surface area contributed by atoms with Gasteiger partial charge in [0, 0.05) is 28.9 Å². The minimum absolute atomic E-state index is 0.593. The summed E-state index contributed by atoms with van der Waals surface area (Å²) in [6.07, 6.45) is 3.56. The summed E-state index contributed by atoms with van der Waals surface area (Å²) in [6, 6.07) is 9.87. The predicted octanol–water partition coefficient (Wildman–Crippen LogP) is 3.64. The first kappa shape index (κ1) is 12.3.